The Bertz CT molecular complexity index is 299. The van der Waals surface area contributed by atoms with Crippen LogP contribution in [0.15, 0.2) is 17.0 Å². The molecule has 0 atom stereocenters. The summed E-state index contributed by atoms with van der Waals surface area (Å²) in [5, 5.41) is 0. The zero-order valence-electron chi connectivity index (χ0n) is 8.26. The molecule has 1 rings (SSSR count). The highest BCUT2D eigenvalue weighted by Crippen LogP contribution is 2.28. The Labute approximate surface area is 83.5 Å². The average molecular weight is 197 g/mol. The minimum absolute atomic E-state index is 0.618. The summed E-state index contributed by atoms with van der Waals surface area (Å²) in [6, 6.07) is 4.17. The number of methoxy groups -OCH3 is 1. The quantitative estimate of drug-likeness (QED) is 0.596. The summed E-state index contributed by atoms with van der Waals surface area (Å²) in [6.07, 6.45) is 0. The van der Waals surface area contributed by atoms with Gasteiger partial charge in [0.25, 0.3) is 0 Å². The van der Waals surface area contributed by atoms with E-state index in [-0.39, 0.29) is 0 Å². The molecule has 0 saturated carbocycles. The fourth-order valence-corrected chi connectivity index (χ4v) is 1.95. The van der Waals surface area contributed by atoms with Crippen molar-refractivity contribution in [3.05, 3.63) is 23.3 Å². The highest BCUT2D eigenvalue weighted by atomic mass is 32.2. The van der Waals surface area contributed by atoms with Crippen LogP contribution in [-0.2, 0) is 0 Å². The molecule has 0 bridgehead atoms. The van der Waals surface area contributed by atoms with Crippen molar-refractivity contribution in [1.29, 1.82) is 0 Å². The van der Waals surface area contributed by atoms with Crippen LogP contribution in [0.3, 0.4) is 0 Å². The van der Waals surface area contributed by atoms with Crippen molar-refractivity contribution in [3.63, 3.8) is 0 Å². The maximum Gasteiger partial charge on any atom is 0.122 e. The van der Waals surface area contributed by atoms with Crippen LogP contribution in [0.2, 0.25) is 0 Å². The molecule has 0 amide bonds. The Morgan fingerprint density at radius 2 is 2.00 bits per heavy atom. The first kappa shape index (κ1) is 10.4. The van der Waals surface area contributed by atoms with Gasteiger partial charge >= 0.3 is 0 Å². The van der Waals surface area contributed by atoms with Crippen molar-refractivity contribution in [2.24, 2.45) is 5.73 Å². The monoisotopic (exact) mass is 197 g/mol. The minimum atomic E-state index is 0.618. The van der Waals surface area contributed by atoms with Gasteiger partial charge in [-0.1, -0.05) is 0 Å². The van der Waals surface area contributed by atoms with Crippen LogP contribution >= 0.6 is 11.8 Å². The van der Waals surface area contributed by atoms with Crippen LogP contribution in [0.5, 0.6) is 5.75 Å². The molecule has 0 heterocycles. The van der Waals surface area contributed by atoms with Gasteiger partial charge in [0.15, 0.2) is 0 Å². The molecule has 0 radical (unpaired) electrons. The number of hydrogen-bond acceptors (Lipinski definition) is 3. The number of hydrogen-bond donors (Lipinski definition) is 1. The molecule has 0 unspecified atom stereocenters. The van der Waals surface area contributed by atoms with Crippen LogP contribution in [0, 0.1) is 13.8 Å². The minimum Gasteiger partial charge on any atom is -0.496 e. The first-order valence-electron chi connectivity index (χ1n) is 4.17. The lowest BCUT2D eigenvalue weighted by molar-refractivity contribution is 0.411. The summed E-state index contributed by atoms with van der Waals surface area (Å²) in [6.45, 7) is 4.11. The Morgan fingerprint density at radius 3 is 2.54 bits per heavy atom. The summed E-state index contributed by atoms with van der Waals surface area (Å²) >= 11 is 1.66. The van der Waals surface area contributed by atoms with E-state index in [9.17, 15) is 0 Å². The van der Waals surface area contributed by atoms with Gasteiger partial charge in [-0.3, -0.25) is 0 Å². The zero-order chi connectivity index (χ0) is 9.84. The average Bonchev–Trinajstić information content (AvgIpc) is 2.11. The second-order valence-corrected chi connectivity index (χ2v) is 3.96. The molecule has 72 valence electrons. The summed E-state index contributed by atoms with van der Waals surface area (Å²) in [4.78, 5) is 1.24. The van der Waals surface area contributed by atoms with Crippen LogP contribution in [0.25, 0.3) is 0 Å². The van der Waals surface area contributed by atoms with Crippen molar-refractivity contribution in [2.45, 2.75) is 18.7 Å². The van der Waals surface area contributed by atoms with Crippen LogP contribution < -0.4 is 10.5 Å². The normalized spacial score (nSPS) is 10.2. The van der Waals surface area contributed by atoms with Gasteiger partial charge in [0.05, 0.1) is 7.11 Å². The van der Waals surface area contributed by atoms with Gasteiger partial charge in [0.2, 0.25) is 0 Å². The molecule has 0 aliphatic carbocycles. The predicted molar refractivity (Wildman–Crippen MR) is 57.4 cm³/mol. The SMILES string of the molecule is COc1cc(C)c(SCN)cc1C. The van der Waals surface area contributed by atoms with E-state index >= 15 is 0 Å². The van der Waals surface area contributed by atoms with Crippen molar-refractivity contribution in [3.8, 4) is 5.75 Å². The standard InChI is InChI=1S/C10H15NOS/c1-7-5-10(13-6-11)8(2)4-9(7)12-3/h4-5H,6,11H2,1-3H3. The first-order valence-corrected chi connectivity index (χ1v) is 5.15. The maximum atomic E-state index is 5.48. The van der Waals surface area contributed by atoms with E-state index < -0.39 is 0 Å². The van der Waals surface area contributed by atoms with E-state index in [0.717, 1.165) is 11.3 Å². The lowest BCUT2D eigenvalue weighted by atomic mass is 10.1. The predicted octanol–water partition coefficient (Wildman–Crippen LogP) is 2.32. The topological polar surface area (TPSA) is 35.2 Å². The van der Waals surface area contributed by atoms with Gasteiger partial charge in [-0.2, -0.15) is 0 Å². The summed E-state index contributed by atoms with van der Waals surface area (Å²) in [7, 11) is 1.69. The summed E-state index contributed by atoms with van der Waals surface area (Å²) in [5.41, 5.74) is 7.86. The number of ether oxygens (including phenoxy) is 1. The molecule has 0 aliphatic rings. The van der Waals surface area contributed by atoms with Crippen molar-refractivity contribution < 1.29 is 4.74 Å². The summed E-state index contributed by atoms with van der Waals surface area (Å²) < 4.78 is 5.22. The molecule has 3 heteroatoms. The van der Waals surface area contributed by atoms with E-state index in [1.807, 2.05) is 13.0 Å². The summed E-state index contributed by atoms with van der Waals surface area (Å²) in [5.74, 6) is 1.56. The van der Waals surface area contributed by atoms with Crippen LogP contribution in [-0.4, -0.2) is 13.0 Å². The number of rotatable bonds is 3. The van der Waals surface area contributed by atoms with Crippen molar-refractivity contribution >= 4 is 11.8 Å². The third kappa shape index (κ3) is 2.39. The smallest absolute Gasteiger partial charge is 0.122 e. The molecule has 2 N–H and O–H groups in total. The first-order chi connectivity index (χ1) is 6.19. The molecule has 0 fully saturated rings. The van der Waals surface area contributed by atoms with E-state index in [1.54, 1.807) is 18.9 Å². The molecule has 1 aromatic carbocycles. The van der Waals surface area contributed by atoms with Gasteiger partial charge in [-0.05, 0) is 37.1 Å². The molecule has 2 nitrogen and oxygen atoms in total. The van der Waals surface area contributed by atoms with Crippen LogP contribution in [0.4, 0.5) is 0 Å². The van der Waals surface area contributed by atoms with E-state index in [1.165, 1.54) is 10.5 Å². The number of nitrogens with two attached hydrogens (primary N) is 1. The molecule has 0 aromatic heterocycles. The molecule has 13 heavy (non-hydrogen) atoms. The van der Waals surface area contributed by atoms with Crippen LogP contribution in [0.1, 0.15) is 11.1 Å². The second kappa shape index (κ2) is 4.53. The van der Waals surface area contributed by atoms with Gasteiger partial charge < -0.3 is 10.5 Å². The lowest BCUT2D eigenvalue weighted by Gasteiger charge is -2.09. The maximum absolute atomic E-state index is 5.48. The molecule has 0 aliphatic heterocycles. The highest BCUT2D eigenvalue weighted by Gasteiger charge is 2.03. The fourth-order valence-electron chi connectivity index (χ4n) is 1.23. The Hall–Kier alpha value is -0.670. The third-order valence-electron chi connectivity index (χ3n) is 1.93. The van der Waals surface area contributed by atoms with Gasteiger partial charge in [-0.25, -0.2) is 0 Å². The Balaban J connectivity index is 3.05. The van der Waals surface area contributed by atoms with Gasteiger partial charge in [0, 0.05) is 10.8 Å². The molecule has 0 spiro atoms. The third-order valence-corrected chi connectivity index (χ3v) is 2.85. The van der Waals surface area contributed by atoms with E-state index in [0.29, 0.717) is 5.88 Å². The Morgan fingerprint density at radius 1 is 1.31 bits per heavy atom. The second-order valence-electron chi connectivity index (χ2n) is 2.90. The lowest BCUT2D eigenvalue weighted by Crippen LogP contribution is -1.95. The number of aryl methyl sites for hydroxylation is 2. The number of benzene rings is 1. The Kier molecular flexibility index (Phi) is 3.63. The van der Waals surface area contributed by atoms with Gasteiger partial charge in [-0.15, -0.1) is 11.8 Å². The van der Waals surface area contributed by atoms with E-state index in [4.69, 9.17) is 10.5 Å². The van der Waals surface area contributed by atoms with E-state index in [2.05, 4.69) is 13.0 Å². The molecular weight excluding hydrogens is 182 g/mol. The zero-order valence-corrected chi connectivity index (χ0v) is 9.07. The highest BCUT2D eigenvalue weighted by molar-refractivity contribution is 7.99. The molecule has 0 saturated heterocycles. The number of thioether (sulfide) groups is 1. The largest absolute Gasteiger partial charge is 0.496 e. The van der Waals surface area contributed by atoms with Crippen molar-refractivity contribution in [1.82, 2.24) is 0 Å². The van der Waals surface area contributed by atoms with Gasteiger partial charge in [0.1, 0.15) is 5.75 Å². The van der Waals surface area contributed by atoms with Crippen molar-refractivity contribution in [2.75, 3.05) is 13.0 Å². The molecular formula is C10H15NOS. The molecule has 1 aromatic rings. The fraction of sp³-hybridized carbons (Fsp3) is 0.400.